The van der Waals surface area contributed by atoms with Gasteiger partial charge in [0.25, 0.3) is 0 Å². The Morgan fingerprint density at radius 2 is 2.17 bits per heavy atom. The molecule has 1 aliphatic rings. The van der Waals surface area contributed by atoms with Crippen LogP contribution in [0.25, 0.3) is 0 Å². The first-order valence-electron chi connectivity index (χ1n) is 6.12. The Kier molecular flexibility index (Phi) is 4.95. The van der Waals surface area contributed by atoms with Gasteiger partial charge in [-0.05, 0) is 33.6 Å². The highest BCUT2D eigenvalue weighted by Crippen LogP contribution is 2.17. The van der Waals surface area contributed by atoms with E-state index in [9.17, 15) is 9.59 Å². The number of ether oxygens (including phenoxy) is 2. The molecule has 18 heavy (non-hydrogen) atoms. The molecule has 1 saturated heterocycles. The van der Waals surface area contributed by atoms with Crippen LogP contribution in [-0.2, 0) is 14.3 Å². The molecule has 1 heterocycles. The SMILES string of the molecule is CC(C)(C)OC(=O)N[C@@H](C[C@@H]1CCCO1)C(=O)O. The van der Waals surface area contributed by atoms with Crippen LogP contribution in [0.1, 0.15) is 40.0 Å². The number of carbonyl (C=O) groups is 2. The number of rotatable bonds is 4. The van der Waals surface area contributed by atoms with Crippen molar-refractivity contribution in [1.29, 1.82) is 0 Å². The molecule has 1 amide bonds. The maximum atomic E-state index is 11.5. The maximum absolute atomic E-state index is 11.5. The van der Waals surface area contributed by atoms with Crippen LogP contribution in [0.3, 0.4) is 0 Å². The fraction of sp³-hybridized carbons (Fsp3) is 0.833. The first-order chi connectivity index (χ1) is 8.28. The largest absolute Gasteiger partial charge is 0.480 e. The molecule has 1 rings (SSSR count). The molecule has 0 saturated carbocycles. The molecule has 0 bridgehead atoms. The van der Waals surface area contributed by atoms with Crippen molar-refractivity contribution in [3.05, 3.63) is 0 Å². The summed E-state index contributed by atoms with van der Waals surface area (Å²) < 4.78 is 10.4. The van der Waals surface area contributed by atoms with E-state index in [1.807, 2.05) is 0 Å². The van der Waals surface area contributed by atoms with Crippen molar-refractivity contribution < 1.29 is 24.2 Å². The Hall–Kier alpha value is -1.30. The highest BCUT2D eigenvalue weighted by Gasteiger charge is 2.28. The molecule has 2 atom stereocenters. The molecule has 2 N–H and O–H groups in total. The smallest absolute Gasteiger partial charge is 0.408 e. The first kappa shape index (κ1) is 14.8. The highest BCUT2D eigenvalue weighted by molar-refractivity contribution is 5.80. The van der Waals surface area contributed by atoms with E-state index in [0.29, 0.717) is 6.61 Å². The number of carboxylic acid groups (broad SMARTS) is 1. The molecule has 0 aromatic carbocycles. The number of nitrogens with one attached hydrogen (secondary N) is 1. The second-order valence-electron chi connectivity index (χ2n) is 5.41. The van der Waals surface area contributed by atoms with Gasteiger partial charge in [0.2, 0.25) is 0 Å². The van der Waals surface area contributed by atoms with E-state index in [1.54, 1.807) is 20.8 Å². The van der Waals surface area contributed by atoms with E-state index < -0.39 is 23.7 Å². The lowest BCUT2D eigenvalue weighted by molar-refractivity contribution is -0.140. The number of hydrogen-bond acceptors (Lipinski definition) is 4. The topological polar surface area (TPSA) is 84.9 Å². The van der Waals surface area contributed by atoms with Crippen LogP contribution in [0, 0.1) is 0 Å². The van der Waals surface area contributed by atoms with Crippen LogP contribution in [0.2, 0.25) is 0 Å². The summed E-state index contributed by atoms with van der Waals surface area (Å²) in [6.45, 7) is 5.83. The lowest BCUT2D eigenvalue weighted by Gasteiger charge is -2.23. The number of hydrogen-bond donors (Lipinski definition) is 2. The van der Waals surface area contributed by atoms with Gasteiger partial charge in [0.1, 0.15) is 11.6 Å². The Labute approximate surface area is 107 Å². The lowest BCUT2D eigenvalue weighted by atomic mass is 10.1. The summed E-state index contributed by atoms with van der Waals surface area (Å²) in [6.07, 6.45) is 1.23. The van der Waals surface area contributed by atoms with Crippen LogP contribution < -0.4 is 5.32 Å². The van der Waals surface area contributed by atoms with Gasteiger partial charge >= 0.3 is 12.1 Å². The predicted molar refractivity (Wildman–Crippen MR) is 64.4 cm³/mol. The van der Waals surface area contributed by atoms with Crippen molar-refractivity contribution in [2.75, 3.05) is 6.61 Å². The van der Waals surface area contributed by atoms with Gasteiger partial charge in [-0.2, -0.15) is 0 Å². The minimum atomic E-state index is -1.07. The van der Waals surface area contributed by atoms with Gasteiger partial charge in [-0.25, -0.2) is 9.59 Å². The highest BCUT2D eigenvalue weighted by atomic mass is 16.6. The van der Waals surface area contributed by atoms with Crippen molar-refractivity contribution in [2.45, 2.75) is 57.8 Å². The number of aliphatic carboxylic acids is 1. The Balaban J connectivity index is 2.46. The Bertz CT molecular complexity index is 304. The van der Waals surface area contributed by atoms with Gasteiger partial charge in [0.15, 0.2) is 0 Å². The summed E-state index contributed by atoms with van der Waals surface area (Å²) in [4.78, 5) is 22.6. The monoisotopic (exact) mass is 259 g/mol. The maximum Gasteiger partial charge on any atom is 0.408 e. The molecule has 1 aliphatic heterocycles. The standard InChI is InChI=1S/C12H21NO5/c1-12(2,3)18-11(16)13-9(10(14)15)7-8-5-4-6-17-8/h8-9H,4-7H2,1-3H3,(H,13,16)(H,14,15)/t8-,9-/m0/s1. The second kappa shape index (κ2) is 6.04. The number of carbonyl (C=O) groups excluding carboxylic acids is 1. The van der Waals surface area contributed by atoms with Crippen molar-refractivity contribution in [2.24, 2.45) is 0 Å². The molecule has 1 fully saturated rings. The van der Waals surface area contributed by atoms with Crippen LogP contribution in [-0.4, -0.2) is 41.5 Å². The van der Waals surface area contributed by atoms with E-state index in [1.165, 1.54) is 0 Å². The van der Waals surface area contributed by atoms with Crippen LogP contribution >= 0.6 is 0 Å². The average molecular weight is 259 g/mol. The summed E-state index contributed by atoms with van der Waals surface area (Å²) in [5.41, 5.74) is -0.642. The minimum absolute atomic E-state index is 0.0963. The minimum Gasteiger partial charge on any atom is -0.480 e. The Morgan fingerprint density at radius 1 is 1.50 bits per heavy atom. The van der Waals surface area contributed by atoms with E-state index >= 15 is 0 Å². The molecule has 0 spiro atoms. The third-order valence-corrected chi connectivity index (χ3v) is 2.51. The lowest BCUT2D eigenvalue weighted by Crippen LogP contribution is -2.45. The molecule has 6 heteroatoms. The van der Waals surface area contributed by atoms with Crippen LogP contribution in [0.4, 0.5) is 4.79 Å². The summed E-state index contributed by atoms with van der Waals surface area (Å²) in [7, 11) is 0. The van der Waals surface area contributed by atoms with Gasteiger partial charge in [-0.1, -0.05) is 0 Å². The van der Waals surface area contributed by atoms with E-state index in [0.717, 1.165) is 12.8 Å². The van der Waals surface area contributed by atoms with Gasteiger partial charge < -0.3 is 19.9 Å². The first-order valence-corrected chi connectivity index (χ1v) is 6.12. The molecule has 0 aromatic heterocycles. The second-order valence-corrected chi connectivity index (χ2v) is 5.41. The molecule has 0 radical (unpaired) electrons. The van der Waals surface area contributed by atoms with E-state index in [2.05, 4.69) is 5.32 Å². The fourth-order valence-electron chi connectivity index (χ4n) is 1.76. The van der Waals surface area contributed by atoms with Gasteiger partial charge in [0, 0.05) is 13.0 Å². The zero-order valence-electron chi connectivity index (χ0n) is 11.1. The molecule has 6 nitrogen and oxygen atoms in total. The van der Waals surface area contributed by atoms with E-state index in [4.69, 9.17) is 14.6 Å². The van der Waals surface area contributed by atoms with Gasteiger partial charge in [0.05, 0.1) is 6.10 Å². The summed E-state index contributed by atoms with van der Waals surface area (Å²) in [5, 5.41) is 11.4. The van der Waals surface area contributed by atoms with Crippen molar-refractivity contribution in [3.63, 3.8) is 0 Å². The number of alkyl carbamates (subject to hydrolysis) is 1. The normalized spacial score (nSPS) is 21.4. The molecular formula is C12H21NO5. The zero-order chi connectivity index (χ0) is 13.8. The third kappa shape index (κ3) is 5.35. The number of amides is 1. The van der Waals surface area contributed by atoms with Crippen molar-refractivity contribution >= 4 is 12.1 Å². The molecule has 104 valence electrons. The van der Waals surface area contributed by atoms with E-state index in [-0.39, 0.29) is 12.5 Å². The average Bonchev–Trinajstić information content (AvgIpc) is 2.66. The summed E-state index contributed by atoms with van der Waals surface area (Å²) >= 11 is 0. The molecule has 0 aliphatic carbocycles. The van der Waals surface area contributed by atoms with Crippen molar-refractivity contribution in [3.8, 4) is 0 Å². The fourth-order valence-corrected chi connectivity index (χ4v) is 1.76. The van der Waals surface area contributed by atoms with Gasteiger partial charge in [-0.15, -0.1) is 0 Å². The predicted octanol–water partition coefficient (Wildman–Crippen LogP) is 1.53. The van der Waals surface area contributed by atoms with Crippen LogP contribution in [0.5, 0.6) is 0 Å². The summed E-state index contributed by atoms with van der Waals surface area (Å²) in [5.74, 6) is -1.07. The van der Waals surface area contributed by atoms with Gasteiger partial charge in [-0.3, -0.25) is 0 Å². The number of carboxylic acids is 1. The van der Waals surface area contributed by atoms with Crippen LogP contribution in [0.15, 0.2) is 0 Å². The third-order valence-electron chi connectivity index (χ3n) is 2.51. The summed E-state index contributed by atoms with van der Waals surface area (Å²) in [6, 6.07) is -0.969. The molecular weight excluding hydrogens is 238 g/mol. The molecule has 0 aromatic rings. The van der Waals surface area contributed by atoms with Crippen molar-refractivity contribution in [1.82, 2.24) is 5.32 Å². The quantitative estimate of drug-likeness (QED) is 0.799. The molecule has 0 unspecified atom stereocenters. The zero-order valence-corrected chi connectivity index (χ0v) is 11.1. The Morgan fingerprint density at radius 3 is 2.61 bits per heavy atom.